The number of rotatable bonds is 2. The molecular weight excluding hydrogens is 255 g/mol. The Balaban J connectivity index is 2.18. The molecule has 1 aromatic carbocycles. The molecule has 6 heteroatoms. The van der Waals surface area contributed by atoms with Gasteiger partial charge in [0.1, 0.15) is 23.8 Å². The summed E-state index contributed by atoms with van der Waals surface area (Å²) < 4.78 is 40.4. The third kappa shape index (κ3) is 2.69. The lowest BCUT2D eigenvalue weighted by Gasteiger charge is -2.16. The van der Waals surface area contributed by atoms with Gasteiger partial charge in [0.2, 0.25) is 5.67 Å². The molecule has 0 aliphatic carbocycles. The summed E-state index contributed by atoms with van der Waals surface area (Å²) in [6.07, 6.45) is 0.0669. The van der Waals surface area contributed by atoms with Crippen molar-refractivity contribution < 1.29 is 13.2 Å². The van der Waals surface area contributed by atoms with Gasteiger partial charge >= 0.3 is 0 Å². The summed E-state index contributed by atoms with van der Waals surface area (Å²) >= 11 is 0. The zero-order chi connectivity index (χ0) is 14.0. The van der Waals surface area contributed by atoms with Crippen molar-refractivity contribution >= 4 is 0 Å². The Labute approximate surface area is 108 Å². The fourth-order valence-corrected chi connectivity index (χ4v) is 2.12. The molecule has 0 aromatic heterocycles. The van der Waals surface area contributed by atoms with Crippen LogP contribution in [0.2, 0.25) is 0 Å². The number of hydrogen-bond acceptors (Lipinski definition) is 3. The molecule has 0 bridgehead atoms. The minimum absolute atomic E-state index is 0.0497. The van der Waals surface area contributed by atoms with E-state index in [1.165, 1.54) is 0 Å². The van der Waals surface area contributed by atoms with Crippen molar-refractivity contribution in [1.29, 1.82) is 10.5 Å². The predicted octanol–water partition coefficient (Wildman–Crippen LogP) is 2.27. The summed E-state index contributed by atoms with van der Waals surface area (Å²) in [7, 11) is 0. The van der Waals surface area contributed by atoms with Crippen LogP contribution in [0.4, 0.5) is 13.2 Å². The summed E-state index contributed by atoms with van der Waals surface area (Å²) in [6.45, 7) is 0.263. The van der Waals surface area contributed by atoms with E-state index >= 15 is 0 Å². The summed E-state index contributed by atoms with van der Waals surface area (Å²) in [5.74, 6) is -1.69. The number of halogens is 3. The van der Waals surface area contributed by atoms with E-state index in [-0.39, 0.29) is 30.6 Å². The fraction of sp³-hybridized carbons (Fsp3) is 0.385. The molecule has 1 aliphatic heterocycles. The second-order valence-electron chi connectivity index (χ2n) is 4.57. The highest BCUT2D eigenvalue weighted by molar-refractivity contribution is 5.35. The number of hydrogen-bond donors (Lipinski definition) is 0. The maximum atomic E-state index is 13.7. The van der Waals surface area contributed by atoms with Gasteiger partial charge in [-0.05, 0) is 6.07 Å². The first-order valence-electron chi connectivity index (χ1n) is 5.68. The first kappa shape index (κ1) is 13.4. The average Bonchev–Trinajstić information content (AvgIpc) is 2.75. The van der Waals surface area contributed by atoms with E-state index in [1.54, 1.807) is 17.0 Å². The van der Waals surface area contributed by atoms with Crippen molar-refractivity contribution in [2.45, 2.75) is 18.6 Å². The maximum absolute atomic E-state index is 13.7. The number of nitrogens with zero attached hydrogens (tertiary/aromatic N) is 3. The average molecular weight is 265 g/mol. The molecule has 0 amide bonds. The zero-order valence-corrected chi connectivity index (χ0v) is 9.96. The first-order valence-corrected chi connectivity index (χ1v) is 5.68. The standard InChI is InChI=1S/C13H10F3N3/c14-11-4-12(15)10(3-9(11)5-17)6-19-2-1-13(16,7-18)8-19/h3-4H,1-2,6,8H2. The van der Waals surface area contributed by atoms with Gasteiger partial charge in [-0.1, -0.05) is 0 Å². The Morgan fingerprint density at radius 3 is 2.58 bits per heavy atom. The van der Waals surface area contributed by atoms with Crippen LogP contribution >= 0.6 is 0 Å². The summed E-state index contributed by atoms with van der Waals surface area (Å²) in [5.41, 5.74) is -2.03. The molecule has 98 valence electrons. The SMILES string of the molecule is N#Cc1cc(CN2CCC(F)(C#N)C2)c(F)cc1F. The second kappa shape index (κ2) is 4.91. The molecule has 1 aromatic rings. The molecule has 0 N–H and O–H groups in total. The molecule has 1 heterocycles. The van der Waals surface area contributed by atoms with E-state index in [0.717, 1.165) is 6.07 Å². The minimum Gasteiger partial charge on any atom is -0.295 e. The van der Waals surface area contributed by atoms with Crippen molar-refractivity contribution in [2.75, 3.05) is 13.1 Å². The van der Waals surface area contributed by atoms with Gasteiger partial charge in [-0.25, -0.2) is 13.2 Å². The van der Waals surface area contributed by atoms with E-state index in [0.29, 0.717) is 12.6 Å². The topological polar surface area (TPSA) is 50.8 Å². The third-order valence-corrected chi connectivity index (χ3v) is 3.15. The highest BCUT2D eigenvalue weighted by Gasteiger charge is 2.38. The molecule has 0 spiro atoms. The van der Waals surface area contributed by atoms with Crippen LogP contribution in [0.25, 0.3) is 0 Å². The van der Waals surface area contributed by atoms with Gasteiger partial charge in [-0.15, -0.1) is 0 Å². The Bertz CT molecular complexity index is 588. The van der Waals surface area contributed by atoms with Crippen LogP contribution in [0, 0.1) is 34.3 Å². The second-order valence-corrected chi connectivity index (χ2v) is 4.57. The molecule has 1 aliphatic rings. The van der Waals surface area contributed by atoms with E-state index < -0.39 is 17.3 Å². The third-order valence-electron chi connectivity index (χ3n) is 3.15. The van der Waals surface area contributed by atoms with Gasteiger partial charge in [-0.2, -0.15) is 10.5 Å². The van der Waals surface area contributed by atoms with E-state index in [4.69, 9.17) is 10.5 Å². The van der Waals surface area contributed by atoms with Crippen molar-refractivity contribution in [1.82, 2.24) is 4.90 Å². The summed E-state index contributed by atoms with van der Waals surface area (Å²) in [6, 6.07) is 4.99. The zero-order valence-electron chi connectivity index (χ0n) is 9.96. The van der Waals surface area contributed by atoms with E-state index in [2.05, 4.69) is 0 Å². The Morgan fingerprint density at radius 1 is 1.26 bits per heavy atom. The Hall–Kier alpha value is -2.05. The lowest BCUT2D eigenvalue weighted by molar-refractivity contribution is 0.224. The molecule has 1 atom stereocenters. The monoisotopic (exact) mass is 265 g/mol. The Morgan fingerprint density at radius 2 is 2.00 bits per heavy atom. The highest BCUT2D eigenvalue weighted by atomic mass is 19.1. The first-order chi connectivity index (χ1) is 8.97. The predicted molar refractivity (Wildman–Crippen MR) is 60.4 cm³/mol. The minimum atomic E-state index is -1.91. The lowest BCUT2D eigenvalue weighted by Crippen LogP contribution is -2.27. The molecular formula is C13H10F3N3. The van der Waals surface area contributed by atoms with Crippen LogP contribution in [0.3, 0.4) is 0 Å². The highest BCUT2D eigenvalue weighted by Crippen LogP contribution is 2.27. The smallest absolute Gasteiger partial charge is 0.209 e. The number of nitriles is 2. The van der Waals surface area contributed by atoms with Crippen LogP contribution in [0.5, 0.6) is 0 Å². The van der Waals surface area contributed by atoms with Crippen LogP contribution in [0.15, 0.2) is 12.1 Å². The van der Waals surface area contributed by atoms with Gasteiger partial charge in [0.15, 0.2) is 0 Å². The van der Waals surface area contributed by atoms with Crippen molar-refractivity contribution in [3.05, 3.63) is 34.9 Å². The molecule has 1 saturated heterocycles. The maximum Gasteiger partial charge on any atom is 0.209 e. The fourth-order valence-electron chi connectivity index (χ4n) is 2.12. The van der Waals surface area contributed by atoms with E-state index in [9.17, 15) is 13.2 Å². The Kier molecular flexibility index (Phi) is 3.46. The molecule has 3 nitrogen and oxygen atoms in total. The van der Waals surface area contributed by atoms with Gasteiger partial charge in [0.05, 0.1) is 5.56 Å². The van der Waals surface area contributed by atoms with Gasteiger partial charge in [0, 0.05) is 37.7 Å². The van der Waals surface area contributed by atoms with Gasteiger partial charge in [-0.3, -0.25) is 4.90 Å². The molecule has 19 heavy (non-hydrogen) atoms. The molecule has 1 unspecified atom stereocenters. The summed E-state index contributed by atoms with van der Waals surface area (Å²) in [4.78, 5) is 1.57. The van der Waals surface area contributed by atoms with Crippen molar-refractivity contribution in [3.8, 4) is 12.1 Å². The van der Waals surface area contributed by atoms with Crippen molar-refractivity contribution in [2.24, 2.45) is 0 Å². The summed E-state index contributed by atoms with van der Waals surface area (Å²) in [5, 5.41) is 17.4. The van der Waals surface area contributed by atoms with Crippen LogP contribution in [-0.2, 0) is 6.54 Å². The number of likely N-dealkylation sites (tertiary alicyclic amines) is 1. The molecule has 0 saturated carbocycles. The molecule has 2 rings (SSSR count). The molecule has 0 radical (unpaired) electrons. The molecule has 1 fully saturated rings. The lowest BCUT2D eigenvalue weighted by atomic mass is 10.1. The largest absolute Gasteiger partial charge is 0.295 e. The van der Waals surface area contributed by atoms with Crippen LogP contribution in [0.1, 0.15) is 17.5 Å². The van der Waals surface area contributed by atoms with Crippen molar-refractivity contribution in [3.63, 3.8) is 0 Å². The van der Waals surface area contributed by atoms with Crippen LogP contribution < -0.4 is 0 Å². The van der Waals surface area contributed by atoms with E-state index in [1.807, 2.05) is 0 Å². The number of alkyl halides is 1. The van der Waals surface area contributed by atoms with Gasteiger partial charge in [0.25, 0.3) is 0 Å². The quantitative estimate of drug-likeness (QED) is 0.824. The number of benzene rings is 1. The van der Waals surface area contributed by atoms with Crippen LogP contribution in [-0.4, -0.2) is 23.7 Å². The normalized spacial score (nSPS) is 23.0. The van der Waals surface area contributed by atoms with Gasteiger partial charge < -0.3 is 0 Å².